The van der Waals surface area contributed by atoms with Gasteiger partial charge in [-0.3, -0.25) is 0 Å². The molecule has 0 unspecified atom stereocenters. The van der Waals surface area contributed by atoms with E-state index >= 15 is 0 Å². The number of fused-ring (bicyclic) bond motifs is 1. The molecule has 0 aliphatic rings. The predicted molar refractivity (Wildman–Crippen MR) is 123 cm³/mol. The molecule has 0 saturated heterocycles. The van der Waals surface area contributed by atoms with Crippen molar-refractivity contribution in [3.8, 4) is 0 Å². The van der Waals surface area contributed by atoms with Gasteiger partial charge in [-0.25, -0.2) is 13.6 Å². The average molecular weight is 441 g/mol. The molecule has 0 aliphatic carbocycles. The molecule has 3 rings (SSSR count). The number of benzene rings is 3. The normalized spacial score (nSPS) is 12.5. The van der Waals surface area contributed by atoms with Gasteiger partial charge in [0.2, 0.25) is 0 Å². The summed E-state index contributed by atoms with van der Waals surface area (Å²) in [6.07, 6.45) is 0.324. The molecule has 1 amide bonds. The predicted octanol–water partition coefficient (Wildman–Crippen LogP) is 5.73. The molecule has 6 heteroatoms. The van der Waals surface area contributed by atoms with Crippen LogP contribution in [-0.2, 0) is 17.7 Å². The number of hydrogen-bond acceptors (Lipinski definition) is 3. The molecule has 0 heterocycles. The molecule has 0 saturated carbocycles. The first-order valence-corrected chi connectivity index (χ1v) is 10.8. The van der Waals surface area contributed by atoms with Crippen LogP contribution in [0.5, 0.6) is 0 Å². The van der Waals surface area contributed by atoms with E-state index in [9.17, 15) is 13.6 Å². The van der Waals surface area contributed by atoms with Crippen molar-refractivity contribution in [1.29, 1.82) is 0 Å². The van der Waals surface area contributed by atoms with E-state index in [0.717, 1.165) is 11.6 Å². The summed E-state index contributed by atoms with van der Waals surface area (Å²) in [6, 6.07) is 17.6. The minimum absolute atomic E-state index is 0.297. The zero-order valence-electron chi connectivity index (χ0n) is 18.8. The molecule has 0 bridgehead atoms. The molecule has 0 radical (unpaired) electrons. The smallest absolute Gasteiger partial charge is 0.407 e. The van der Waals surface area contributed by atoms with Crippen molar-refractivity contribution < 1.29 is 18.3 Å². The van der Waals surface area contributed by atoms with Gasteiger partial charge in [0.25, 0.3) is 0 Å². The molecule has 1 atom stereocenters. The number of alkyl carbamates (subject to hydrolysis) is 1. The van der Waals surface area contributed by atoms with Gasteiger partial charge in [-0.15, -0.1) is 0 Å². The van der Waals surface area contributed by atoms with Gasteiger partial charge in [0.1, 0.15) is 17.2 Å². The van der Waals surface area contributed by atoms with Crippen molar-refractivity contribution in [3.63, 3.8) is 0 Å². The summed E-state index contributed by atoms with van der Waals surface area (Å²) in [5.41, 5.74) is 1.01. The minimum atomic E-state index is -0.634. The van der Waals surface area contributed by atoms with Gasteiger partial charge in [0.05, 0.1) is 0 Å². The maximum absolute atomic E-state index is 13.6. The van der Waals surface area contributed by atoms with Crippen LogP contribution >= 0.6 is 0 Å². The van der Waals surface area contributed by atoms with Crippen molar-refractivity contribution in [3.05, 3.63) is 83.4 Å². The van der Waals surface area contributed by atoms with Crippen LogP contribution in [0.2, 0.25) is 0 Å². The lowest BCUT2D eigenvalue weighted by atomic mass is 10.0. The highest BCUT2D eigenvalue weighted by Gasteiger charge is 2.20. The van der Waals surface area contributed by atoms with Gasteiger partial charge in [0.15, 0.2) is 0 Å². The van der Waals surface area contributed by atoms with Gasteiger partial charge in [-0.2, -0.15) is 0 Å². The van der Waals surface area contributed by atoms with Crippen LogP contribution in [0, 0.1) is 11.6 Å². The third-order valence-electron chi connectivity index (χ3n) is 4.94. The van der Waals surface area contributed by atoms with E-state index in [1.54, 1.807) is 20.8 Å². The van der Waals surface area contributed by atoms with Crippen LogP contribution in [0.25, 0.3) is 10.8 Å². The van der Waals surface area contributed by atoms with Gasteiger partial charge in [0, 0.05) is 18.7 Å². The van der Waals surface area contributed by atoms with E-state index in [-0.39, 0.29) is 6.04 Å². The Hall–Kier alpha value is -2.99. The fraction of sp³-hybridized carbons (Fsp3) is 0.346. The molecule has 2 N–H and O–H groups in total. The number of rotatable bonds is 8. The molecule has 0 aliphatic heterocycles. The highest BCUT2D eigenvalue weighted by molar-refractivity contribution is 5.82. The second-order valence-electron chi connectivity index (χ2n) is 8.97. The Morgan fingerprint density at radius 1 is 0.938 bits per heavy atom. The Balaban J connectivity index is 1.59. The van der Waals surface area contributed by atoms with E-state index < -0.39 is 23.3 Å². The fourth-order valence-corrected chi connectivity index (χ4v) is 3.57. The lowest BCUT2D eigenvalue weighted by Gasteiger charge is -2.24. The molecule has 4 nitrogen and oxygen atoms in total. The Bertz CT molecular complexity index is 1040. The lowest BCUT2D eigenvalue weighted by Crippen LogP contribution is -2.41. The van der Waals surface area contributed by atoms with E-state index in [4.69, 9.17) is 4.74 Å². The Labute approximate surface area is 188 Å². The number of nitrogens with one attached hydrogen (secondary N) is 2. The Morgan fingerprint density at radius 2 is 1.62 bits per heavy atom. The highest BCUT2D eigenvalue weighted by atomic mass is 19.1. The van der Waals surface area contributed by atoms with E-state index in [1.807, 2.05) is 12.1 Å². The summed E-state index contributed by atoms with van der Waals surface area (Å²) in [5.74, 6) is -1.27. The average Bonchev–Trinajstić information content (AvgIpc) is 2.68. The number of ether oxygens (including phenoxy) is 1. The molecule has 0 spiro atoms. The molecular weight excluding hydrogens is 410 g/mol. The lowest BCUT2D eigenvalue weighted by molar-refractivity contribution is 0.0502. The largest absolute Gasteiger partial charge is 0.444 e. The molecule has 170 valence electrons. The van der Waals surface area contributed by atoms with Gasteiger partial charge < -0.3 is 15.4 Å². The van der Waals surface area contributed by atoms with Crippen molar-refractivity contribution in [2.24, 2.45) is 0 Å². The van der Waals surface area contributed by atoms with Gasteiger partial charge in [-0.05, 0) is 80.3 Å². The summed E-state index contributed by atoms with van der Waals surface area (Å²) >= 11 is 0. The van der Waals surface area contributed by atoms with E-state index in [2.05, 4.69) is 41.0 Å². The van der Waals surface area contributed by atoms with Crippen LogP contribution in [0.1, 0.15) is 38.3 Å². The summed E-state index contributed by atoms with van der Waals surface area (Å²) in [5, 5.41) is 8.60. The summed E-state index contributed by atoms with van der Waals surface area (Å²) < 4.78 is 32.6. The quantitative estimate of drug-likeness (QED) is 0.440. The molecule has 0 aromatic heterocycles. The van der Waals surface area contributed by atoms with Crippen molar-refractivity contribution >= 4 is 16.9 Å². The molecule has 3 aromatic carbocycles. The van der Waals surface area contributed by atoms with Crippen LogP contribution in [-0.4, -0.2) is 24.3 Å². The zero-order valence-corrected chi connectivity index (χ0v) is 18.8. The topological polar surface area (TPSA) is 50.4 Å². The number of halogens is 2. The third kappa shape index (κ3) is 7.61. The number of carbonyl (C=O) groups excluding carboxylic acids is 1. The second-order valence-corrected chi connectivity index (χ2v) is 8.97. The zero-order chi connectivity index (χ0) is 23.1. The SMILES string of the molecule is CC(C)(C)OC(=O)N[C@H](CCNCc1ccc2ccccc2c1)Cc1cc(F)cc(F)c1. The summed E-state index contributed by atoms with van der Waals surface area (Å²) in [6.45, 7) is 6.65. The maximum atomic E-state index is 13.6. The van der Waals surface area contributed by atoms with Crippen molar-refractivity contribution in [2.75, 3.05) is 6.54 Å². The van der Waals surface area contributed by atoms with Crippen LogP contribution < -0.4 is 10.6 Å². The van der Waals surface area contributed by atoms with Crippen LogP contribution in [0.3, 0.4) is 0 Å². The molecule has 0 fully saturated rings. The molecule has 3 aromatic rings. The van der Waals surface area contributed by atoms with E-state index in [1.165, 1.54) is 22.9 Å². The van der Waals surface area contributed by atoms with Crippen molar-refractivity contribution in [2.45, 2.75) is 51.8 Å². The maximum Gasteiger partial charge on any atom is 0.407 e. The highest BCUT2D eigenvalue weighted by Crippen LogP contribution is 2.16. The van der Waals surface area contributed by atoms with Gasteiger partial charge >= 0.3 is 6.09 Å². The third-order valence-corrected chi connectivity index (χ3v) is 4.94. The first-order chi connectivity index (χ1) is 15.2. The van der Waals surface area contributed by atoms with Gasteiger partial charge in [-0.1, -0.05) is 36.4 Å². The first-order valence-electron chi connectivity index (χ1n) is 10.8. The van der Waals surface area contributed by atoms with Crippen LogP contribution in [0.4, 0.5) is 13.6 Å². The summed E-state index contributed by atoms with van der Waals surface area (Å²) in [4.78, 5) is 12.3. The van der Waals surface area contributed by atoms with E-state index in [0.29, 0.717) is 31.5 Å². The monoisotopic (exact) mass is 440 g/mol. The number of amides is 1. The number of carbonyl (C=O) groups is 1. The Kier molecular flexibility index (Phi) is 7.80. The fourth-order valence-electron chi connectivity index (χ4n) is 3.57. The summed E-state index contributed by atoms with van der Waals surface area (Å²) in [7, 11) is 0. The first kappa shape index (κ1) is 23.7. The van der Waals surface area contributed by atoms with Crippen LogP contribution in [0.15, 0.2) is 60.7 Å². The van der Waals surface area contributed by atoms with Crippen molar-refractivity contribution in [1.82, 2.24) is 10.6 Å². The standard InChI is InChI=1S/C26H30F2N2O2/c1-26(2,3)32-25(31)30-24(15-19-13-22(27)16-23(28)14-19)10-11-29-17-18-8-9-20-6-4-5-7-21(20)12-18/h4-9,12-14,16,24,29H,10-11,15,17H2,1-3H3,(H,30,31)/t24-/m1/s1. The molecular formula is C26H30F2N2O2. The minimum Gasteiger partial charge on any atom is -0.444 e. The number of hydrogen-bond donors (Lipinski definition) is 2. The molecule has 32 heavy (non-hydrogen) atoms. The Morgan fingerprint density at radius 3 is 2.31 bits per heavy atom. The second kappa shape index (κ2) is 10.6.